The summed E-state index contributed by atoms with van der Waals surface area (Å²) in [5.41, 5.74) is 0. The van der Waals surface area contributed by atoms with E-state index in [9.17, 15) is 4.79 Å². The molecule has 2 nitrogen and oxygen atoms in total. The van der Waals surface area contributed by atoms with Crippen molar-refractivity contribution in [3.8, 4) is 0 Å². The summed E-state index contributed by atoms with van der Waals surface area (Å²) in [6.07, 6.45) is 0.998. The van der Waals surface area contributed by atoms with E-state index in [-0.39, 0.29) is 11.9 Å². The summed E-state index contributed by atoms with van der Waals surface area (Å²) in [6.45, 7) is 0. The maximum Gasteiger partial charge on any atom is 0.308 e. The van der Waals surface area contributed by atoms with E-state index in [0.717, 1.165) is 11.8 Å². The first-order valence-electron chi connectivity index (χ1n) is 2.93. The van der Waals surface area contributed by atoms with Gasteiger partial charge in [0, 0.05) is 5.33 Å². The summed E-state index contributed by atoms with van der Waals surface area (Å²) in [7, 11) is 1.44. The Morgan fingerprint density at radius 3 is 2.89 bits per heavy atom. The SMILES string of the molecule is COC(=O)C1C[C@H]1CBr. The van der Waals surface area contributed by atoms with Gasteiger partial charge in [-0.25, -0.2) is 0 Å². The molecule has 2 atom stereocenters. The fourth-order valence-corrected chi connectivity index (χ4v) is 1.57. The zero-order chi connectivity index (χ0) is 6.85. The van der Waals surface area contributed by atoms with E-state index in [1.165, 1.54) is 7.11 Å². The Labute approximate surface area is 62.7 Å². The minimum atomic E-state index is -0.0561. The third kappa shape index (κ3) is 1.45. The first kappa shape index (κ1) is 7.06. The molecule has 1 fully saturated rings. The summed E-state index contributed by atoms with van der Waals surface area (Å²) in [5, 5.41) is 0.923. The lowest BCUT2D eigenvalue weighted by Gasteiger charge is -1.92. The van der Waals surface area contributed by atoms with Gasteiger partial charge in [-0.2, -0.15) is 0 Å². The Balaban J connectivity index is 2.25. The van der Waals surface area contributed by atoms with E-state index in [0.29, 0.717) is 5.92 Å². The van der Waals surface area contributed by atoms with Crippen LogP contribution in [0, 0.1) is 11.8 Å². The van der Waals surface area contributed by atoms with Crippen molar-refractivity contribution in [3.05, 3.63) is 0 Å². The summed E-state index contributed by atoms with van der Waals surface area (Å²) >= 11 is 3.31. The van der Waals surface area contributed by atoms with Crippen molar-refractivity contribution >= 4 is 21.9 Å². The van der Waals surface area contributed by atoms with Gasteiger partial charge in [0.25, 0.3) is 0 Å². The van der Waals surface area contributed by atoms with Crippen LogP contribution in [0.5, 0.6) is 0 Å². The Hall–Kier alpha value is -0.0500. The van der Waals surface area contributed by atoms with Crippen LogP contribution in [0.3, 0.4) is 0 Å². The molecule has 3 heteroatoms. The molecule has 0 spiro atoms. The van der Waals surface area contributed by atoms with Gasteiger partial charge < -0.3 is 4.74 Å². The second-order valence-electron chi connectivity index (χ2n) is 2.28. The van der Waals surface area contributed by atoms with Crippen LogP contribution in [-0.4, -0.2) is 18.4 Å². The minimum Gasteiger partial charge on any atom is -0.469 e. The molecule has 0 bridgehead atoms. The van der Waals surface area contributed by atoms with Crippen LogP contribution in [0.15, 0.2) is 0 Å². The molecular formula is C6H9BrO2. The first-order valence-corrected chi connectivity index (χ1v) is 4.05. The Bertz CT molecular complexity index is 124. The molecule has 0 heterocycles. The highest BCUT2D eigenvalue weighted by atomic mass is 79.9. The molecular weight excluding hydrogens is 184 g/mol. The predicted octanol–water partition coefficient (Wildman–Crippen LogP) is 1.19. The van der Waals surface area contributed by atoms with Crippen molar-refractivity contribution in [2.75, 3.05) is 12.4 Å². The van der Waals surface area contributed by atoms with Gasteiger partial charge in [0.2, 0.25) is 0 Å². The van der Waals surface area contributed by atoms with E-state index in [2.05, 4.69) is 20.7 Å². The smallest absolute Gasteiger partial charge is 0.308 e. The molecule has 0 aliphatic heterocycles. The predicted molar refractivity (Wildman–Crippen MR) is 37.4 cm³/mol. The third-order valence-electron chi connectivity index (χ3n) is 1.62. The molecule has 1 aliphatic carbocycles. The fourth-order valence-electron chi connectivity index (χ4n) is 0.858. The average Bonchev–Trinajstić information content (AvgIpc) is 2.64. The molecule has 0 radical (unpaired) electrons. The lowest BCUT2D eigenvalue weighted by molar-refractivity contribution is -0.142. The zero-order valence-electron chi connectivity index (χ0n) is 5.26. The van der Waals surface area contributed by atoms with Gasteiger partial charge in [0.05, 0.1) is 13.0 Å². The van der Waals surface area contributed by atoms with Crippen molar-refractivity contribution in [3.63, 3.8) is 0 Å². The largest absolute Gasteiger partial charge is 0.469 e. The maximum absolute atomic E-state index is 10.7. The Morgan fingerprint density at radius 2 is 2.56 bits per heavy atom. The van der Waals surface area contributed by atoms with Crippen LogP contribution < -0.4 is 0 Å². The molecule has 9 heavy (non-hydrogen) atoms. The number of hydrogen-bond acceptors (Lipinski definition) is 2. The van der Waals surface area contributed by atoms with Crippen LogP contribution >= 0.6 is 15.9 Å². The van der Waals surface area contributed by atoms with E-state index in [1.807, 2.05) is 0 Å². The average molecular weight is 193 g/mol. The van der Waals surface area contributed by atoms with Crippen molar-refractivity contribution in [2.24, 2.45) is 11.8 Å². The normalized spacial score (nSPS) is 31.8. The van der Waals surface area contributed by atoms with Gasteiger partial charge in [-0.1, -0.05) is 15.9 Å². The van der Waals surface area contributed by atoms with Crippen molar-refractivity contribution in [2.45, 2.75) is 6.42 Å². The zero-order valence-corrected chi connectivity index (χ0v) is 6.85. The van der Waals surface area contributed by atoms with Gasteiger partial charge in [-0.3, -0.25) is 4.79 Å². The molecule has 52 valence electrons. The van der Waals surface area contributed by atoms with E-state index >= 15 is 0 Å². The molecule has 1 aliphatic rings. The Kier molecular flexibility index (Phi) is 2.11. The molecule has 1 unspecified atom stereocenters. The molecule has 0 aromatic heterocycles. The minimum absolute atomic E-state index is 0.0561. The molecule has 1 rings (SSSR count). The van der Waals surface area contributed by atoms with Crippen LogP contribution in [0.1, 0.15) is 6.42 Å². The van der Waals surface area contributed by atoms with Crippen LogP contribution in [0.4, 0.5) is 0 Å². The second-order valence-corrected chi connectivity index (χ2v) is 2.93. The molecule has 1 saturated carbocycles. The summed E-state index contributed by atoms with van der Waals surface area (Å²) in [6, 6.07) is 0. The number of rotatable bonds is 2. The number of methoxy groups -OCH3 is 1. The Morgan fingerprint density at radius 1 is 1.89 bits per heavy atom. The van der Waals surface area contributed by atoms with Crippen LogP contribution in [0.25, 0.3) is 0 Å². The topological polar surface area (TPSA) is 26.3 Å². The number of carbonyl (C=O) groups excluding carboxylic acids is 1. The van der Waals surface area contributed by atoms with Gasteiger partial charge in [-0.05, 0) is 12.3 Å². The monoisotopic (exact) mass is 192 g/mol. The highest BCUT2D eigenvalue weighted by Crippen LogP contribution is 2.40. The van der Waals surface area contributed by atoms with Gasteiger partial charge in [0.15, 0.2) is 0 Å². The number of halogens is 1. The second kappa shape index (κ2) is 2.69. The van der Waals surface area contributed by atoms with Crippen molar-refractivity contribution in [1.82, 2.24) is 0 Å². The molecule has 0 aromatic carbocycles. The number of esters is 1. The highest BCUT2D eigenvalue weighted by Gasteiger charge is 2.42. The van der Waals surface area contributed by atoms with E-state index in [4.69, 9.17) is 0 Å². The lowest BCUT2D eigenvalue weighted by atomic mass is 10.3. The van der Waals surface area contributed by atoms with Gasteiger partial charge >= 0.3 is 5.97 Å². The number of alkyl halides is 1. The number of ether oxygens (including phenoxy) is 1. The molecule has 0 saturated heterocycles. The van der Waals surface area contributed by atoms with Crippen LogP contribution in [0.2, 0.25) is 0 Å². The first-order chi connectivity index (χ1) is 4.29. The van der Waals surface area contributed by atoms with Crippen molar-refractivity contribution in [1.29, 1.82) is 0 Å². The van der Waals surface area contributed by atoms with Crippen molar-refractivity contribution < 1.29 is 9.53 Å². The fraction of sp³-hybridized carbons (Fsp3) is 0.833. The maximum atomic E-state index is 10.7. The lowest BCUT2D eigenvalue weighted by Crippen LogP contribution is -2.04. The molecule has 0 amide bonds. The standard InChI is InChI=1S/C6H9BrO2/c1-9-6(8)5-2-4(5)3-7/h4-5H,2-3H2,1H3/t4-,5?/m0/s1. The summed E-state index contributed by atoms with van der Waals surface area (Å²) in [4.78, 5) is 10.7. The van der Waals surface area contributed by atoms with E-state index < -0.39 is 0 Å². The summed E-state index contributed by atoms with van der Waals surface area (Å²) < 4.78 is 4.55. The number of carbonyl (C=O) groups is 1. The third-order valence-corrected chi connectivity index (χ3v) is 2.46. The summed E-state index contributed by atoms with van der Waals surface area (Å²) in [5.74, 6) is 0.672. The molecule has 0 aromatic rings. The number of hydrogen-bond donors (Lipinski definition) is 0. The van der Waals surface area contributed by atoms with Gasteiger partial charge in [-0.15, -0.1) is 0 Å². The van der Waals surface area contributed by atoms with Crippen LogP contribution in [-0.2, 0) is 9.53 Å². The van der Waals surface area contributed by atoms with E-state index in [1.54, 1.807) is 0 Å². The highest BCUT2D eigenvalue weighted by molar-refractivity contribution is 9.09. The van der Waals surface area contributed by atoms with Gasteiger partial charge in [0.1, 0.15) is 0 Å². The molecule has 0 N–H and O–H groups in total. The quantitative estimate of drug-likeness (QED) is 0.486.